The molecular weight excluding hydrogens is 330 g/mol. The number of anilines is 1. The summed E-state index contributed by atoms with van der Waals surface area (Å²) >= 11 is 1.26. The first-order valence-corrected chi connectivity index (χ1v) is 8.08. The first-order valence-electron chi connectivity index (χ1n) is 7.20. The first kappa shape index (κ1) is 16.0. The third-order valence-electron chi connectivity index (χ3n) is 3.24. The molecule has 3 rings (SSSR count). The highest BCUT2D eigenvalue weighted by Crippen LogP contribution is 2.23. The Morgan fingerprint density at radius 1 is 1.38 bits per heavy atom. The lowest BCUT2D eigenvalue weighted by Crippen LogP contribution is -2.30. The Morgan fingerprint density at radius 2 is 2.12 bits per heavy atom. The van der Waals surface area contributed by atoms with Crippen LogP contribution in [0.5, 0.6) is 0 Å². The number of amides is 1. The van der Waals surface area contributed by atoms with E-state index in [0.29, 0.717) is 10.6 Å². The van der Waals surface area contributed by atoms with E-state index < -0.39 is 18.0 Å². The summed E-state index contributed by atoms with van der Waals surface area (Å²) < 4.78 is 11.9. The van der Waals surface area contributed by atoms with Crippen molar-refractivity contribution in [2.75, 3.05) is 5.32 Å². The maximum Gasteiger partial charge on any atom is 0.351 e. The average molecular weight is 345 g/mol. The van der Waals surface area contributed by atoms with Gasteiger partial charge in [0.05, 0.1) is 5.69 Å². The minimum atomic E-state index is -0.964. The minimum Gasteiger partial charge on any atom is -0.448 e. The molecule has 0 fully saturated rings. The second kappa shape index (κ2) is 6.71. The maximum absolute atomic E-state index is 12.4. The number of aromatic nitrogens is 2. The molecule has 1 N–H and O–H groups in total. The highest BCUT2D eigenvalue weighted by Gasteiger charge is 2.23. The highest BCUT2D eigenvalue weighted by molar-refractivity contribution is 7.12. The smallest absolute Gasteiger partial charge is 0.351 e. The van der Waals surface area contributed by atoms with Gasteiger partial charge in [-0.1, -0.05) is 5.16 Å². The van der Waals surface area contributed by atoms with Gasteiger partial charge in [0.25, 0.3) is 5.91 Å². The maximum atomic E-state index is 12.4. The minimum absolute atomic E-state index is 0.282. The Kier molecular flexibility index (Phi) is 4.48. The Hall–Kier alpha value is -2.87. The van der Waals surface area contributed by atoms with Crippen LogP contribution in [0.25, 0.3) is 5.69 Å². The van der Waals surface area contributed by atoms with E-state index in [4.69, 9.17) is 9.26 Å². The van der Waals surface area contributed by atoms with Crippen LogP contribution in [0.15, 0.2) is 46.6 Å². The second-order valence-corrected chi connectivity index (χ2v) is 6.00. The fraction of sp³-hybridized carbons (Fsp3) is 0.188. The Morgan fingerprint density at radius 3 is 2.79 bits per heavy atom. The number of aryl methyl sites for hydroxylation is 1. The molecule has 3 heterocycles. The van der Waals surface area contributed by atoms with Gasteiger partial charge >= 0.3 is 5.97 Å². The molecular formula is C16H15N3O4S. The lowest BCUT2D eigenvalue weighted by molar-refractivity contribution is -0.123. The predicted octanol–water partition coefficient (Wildman–Crippen LogP) is 3.02. The van der Waals surface area contributed by atoms with Gasteiger partial charge in [-0.2, -0.15) is 0 Å². The van der Waals surface area contributed by atoms with Crippen LogP contribution in [-0.4, -0.2) is 27.7 Å². The number of ether oxygens (including phenoxy) is 1. The van der Waals surface area contributed by atoms with Crippen molar-refractivity contribution in [3.05, 3.63) is 52.7 Å². The number of carbonyl (C=O) groups is 2. The fourth-order valence-corrected chi connectivity index (χ4v) is 2.85. The predicted molar refractivity (Wildman–Crippen MR) is 88.4 cm³/mol. The molecule has 7 nitrogen and oxygen atoms in total. The number of nitrogens with zero attached hydrogens (tertiary/aromatic N) is 2. The van der Waals surface area contributed by atoms with Crippen LogP contribution in [0.3, 0.4) is 0 Å². The molecule has 0 aliphatic heterocycles. The molecule has 0 saturated heterocycles. The largest absolute Gasteiger partial charge is 0.448 e. The van der Waals surface area contributed by atoms with Gasteiger partial charge in [-0.3, -0.25) is 4.79 Å². The zero-order valence-corrected chi connectivity index (χ0v) is 13.9. The molecule has 1 atom stereocenters. The SMILES string of the molecule is Cc1cc(NC(=O)C(C)OC(=O)c2sccc2-n2cccc2)no1. The fourth-order valence-electron chi connectivity index (χ4n) is 2.07. The van der Waals surface area contributed by atoms with E-state index in [1.165, 1.54) is 18.3 Å². The van der Waals surface area contributed by atoms with Gasteiger partial charge in [-0.05, 0) is 37.4 Å². The van der Waals surface area contributed by atoms with Crippen molar-refractivity contribution < 1.29 is 18.8 Å². The van der Waals surface area contributed by atoms with E-state index in [1.54, 1.807) is 18.4 Å². The van der Waals surface area contributed by atoms with Crippen molar-refractivity contribution >= 4 is 29.0 Å². The normalized spacial score (nSPS) is 11.9. The van der Waals surface area contributed by atoms with Crippen LogP contribution >= 0.6 is 11.3 Å². The molecule has 24 heavy (non-hydrogen) atoms. The van der Waals surface area contributed by atoms with Crippen molar-refractivity contribution in [1.82, 2.24) is 9.72 Å². The molecule has 1 unspecified atom stereocenters. The van der Waals surface area contributed by atoms with Crippen LogP contribution in [0.1, 0.15) is 22.4 Å². The number of carbonyl (C=O) groups excluding carboxylic acids is 2. The molecule has 124 valence electrons. The van der Waals surface area contributed by atoms with Crippen LogP contribution in [0.2, 0.25) is 0 Å². The summed E-state index contributed by atoms with van der Waals surface area (Å²) in [5.41, 5.74) is 0.717. The van der Waals surface area contributed by atoms with Gasteiger partial charge in [0.15, 0.2) is 11.9 Å². The third kappa shape index (κ3) is 3.38. The molecule has 0 bridgehead atoms. The number of thiophene rings is 1. The number of nitrogens with one attached hydrogen (secondary N) is 1. The van der Waals surface area contributed by atoms with Gasteiger partial charge < -0.3 is 19.1 Å². The number of rotatable bonds is 5. The molecule has 3 aromatic rings. The Bertz CT molecular complexity index is 850. The number of hydrogen-bond donors (Lipinski definition) is 1. The quantitative estimate of drug-likeness (QED) is 0.718. The third-order valence-corrected chi connectivity index (χ3v) is 4.13. The lowest BCUT2D eigenvalue weighted by atomic mass is 10.3. The molecule has 0 aliphatic rings. The zero-order chi connectivity index (χ0) is 17.1. The summed E-state index contributed by atoms with van der Waals surface area (Å²) in [6.07, 6.45) is 2.71. The van der Waals surface area contributed by atoms with E-state index >= 15 is 0 Å². The number of esters is 1. The topological polar surface area (TPSA) is 86.4 Å². The van der Waals surface area contributed by atoms with Crippen molar-refractivity contribution in [2.45, 2.75) is 20.0 Å². The monoisotopic (exact) mass is 345 g/mol. The summed E-state index contributed by atoms with van der Waals surface area (Å²) in [6, 6.07) is 7.13. The second-order valence-electron chi connectivity index (χ2n) is 5.08. The number of hydrogen-bond acceptors (Lipinski definition) is 6. The highest BCUT2D eigenvalue weighted by atomic mass is 32.1. The van der Waals surface area contributed by atoms with Gasteiger partial charge in [-0.15, -0.1) is 11.3 Å². The molecule has 0 spiro atoms. The van der Waals surface area contributed by atoms with Crippen LogP contribution in [0, 0.1) is 6.92 Å². The van der Waals surface area contributed by atoms with Crippen molar-refractivity contribution in [3.8, 4) is 5.69 Å². The standard InChI is InChI=1S/C16H15N3O4S/c1-10-9-13(18-23-10)17-15(20)11(2)22-16(21)14-12(5-8-24-14)19-6-3-4-7-19/h3-9,11H,1-2H3,(H,17,18,20). The molecule has 8 heteroatoms. The van der Waals surface area contributed by atoms with E-state index in [2.05, 4.69) is 10.5 Å². The Balaban J connectivity index is 1.66. The van der Waals surface area contributed by atoms with E-state index in [9.17, 15) is 9.59 Å². The van der Waals surface area contributed by atoms with Gasteiger partial charge in [-0.25, -0.2) is 4.79 Å². The van der Waals surface area contributed by atoms with E-state index in [1.807, 2.05) is 35.2 Å². The van der Waals surface area contributed by atoms with Crippen LogP contribution in [-0.2, 0) is 9.53 Å². The van der Waals surface area contributed by atoms with E-state index in [-0.39, 0.29) is 5.82 Å². The Labute approximate surface area is 141 Å². The molecule has 1 amide bonds. The molecule has 3 aromatic heterocycles. The summed E-state index contributed by atoms with van der Waals surface area (Å²) in [5, 5.41) is 8.00. The summed E-state index contributed by atoms with van der Waals surface area (Å²) in [7, 11) is 0. The average Bonchev–Trinajstić information content (AvgIpc) is 3.27. The summed E-state index contributed by atoms with van der Waals surface area (Å²) in [5.74, 6) is -0.169. The van der Waals surface area contributed by atoms with Crippen molar-refractivity contribution in [2.24, 2.45) is 0 Å². The lowest BCUT2D eigenvalue weighted by Gasteiger charge is -2.12. The first-order chi connectivity index (χ1) is 11.5. The molecule has 0 saturated carbocycles. The zero-order valence-electron chi connectivity index (χ0n) is 13.1. The van der Waals surface area contributed by atoms with Crippen molar-refractivity contribution in [1.29, 1.82) is 0 Å². The molecule has 0 radical (unpaired) electrons. The summed E-state index contributed by atoms with van der Waals surface area (Å²) in [6.45, 7) is 3.22. The molecule has 0 aliphatic carbocycles. The van der Waals surface area contributed by atoms with Crippen LogP contribution < -0.4 is 5.32 Å². The van der Waals surface area contributed by atoms with Crippen LogP contribution in [0.4, 0.5) is 5.82 Å². The van der Waals surface area contributed by atoms with Gasteiger partial charge in [0, 0.05) is 18.5 Å². The van der Waals surface area contributed by atoms with Crippen molar-refractivity contribution in [3.63, 3.8) is 0 Å². The molecule has 0 aromatic carbocycles. The van der Waals surface area contributed by atoms with Gasteiger partial charge in [0.1, 0.15) is 10.6 Å². The summed E-state index contributed by atoms with van der Waals surface area (Å²) in [4.78, 5) is 24.9. The van der Waals surface area contributed by atoms with Gasteiger partial charge in [0.2, 0.25) is 0 Å². The van der Waals surface area contributed by atoms with E-state index in [0.717, 1.165) is 5.69 Å².